The Morgan fingerprint density at radius 2 is 2.17 bits per heavy atom. The third kappa shape index (κ3) is 3.73. The second kappa shape index (κ2) is 6.23. The van der Waals surface area contributed by atoms with Crippen LogP contribution in [-0.4, -0.2) is 27.6 Å². The van der Waals surface area contributed by atoms with E-state index in [9.17, 15) is 5.11 Å². The van der Waals surface area contributed by atoms with Gasteiger partial charge in [-0.05, 0) is 26.2 Å². The van der Waals surface area contributed by atoms with Crippen LogP contribution in [0.5, 0.6) is 5.75 Å². The number of aromatic nitrogens is 2. The molecule has 0 aromatic carbocycles. The van der Waals surface area contributed by atoms with E-state index in [1.165, 1.54) is 25.7 Å². The highest BCUT2D eigenvalue weighted by molar-refractivity contribution is 5.12. The molecular formula is C14H24N2O2. The molecule has 4 nitrogen and oxygen atoms in total. The van der Waals surface area contributed by atoms with E-state index in [0.717, 1.165) is 12.2 Å². The molecule has 0 amide bonds. The number of rotatable bonds is 6. The van der Waals surface area contributed by atoms with Crippen LogP contribution in [0.15, 0.2) is 12.4 Å². The Bertz CT molecular complexity index is 356. The summed E-state index contributed by atoms with van der Waals surface area (Å²) in [6.07, 6.45) is 9.28. The fraction of sp³-hybridized carbons (Fsp3) is 0.786. The highest BCUT2D eigenvalue weighted by Crippen LogP contribution is 2.28. The smallest absolute Gasteiger partial charge is 0.157 e. The van der Waals surface area contributed by atoms with Gasteiger partial charge in [0.2, 0.25) is 0 Å². The van der Waals surface area contributed by atoms with Gasteiger partial charge in [-0.3, -0.25) is 4.68 Å². The maximum atomic E-state index is 9.93. The molecule has 1 aromatic heterocycles. The minimum absolute atomic E-state index is 0.339. The molecule has 0 aliphatic heterocycles. The summed E-state index contributed by atoms with van der Waals surface area (Å²) >= 11 is 0. The first-order valence-electron chi connectivity index (χ1n) is 7.00. The molecule has 0 bridgehead atoms. The molecule has 1 fully saturated rings. The molecule has 1 N–H and O–H groups in total. The zero-order valence-corrected chi connectivity index (χ0v) is 11.4. The molecule has 1 aliphatic rings. The van der Waals surface area contributed by atoms with Gasteiger partial charge in [0, 0.05) is 6.04 Å². The van der Waals surface area contributed by atoms with Crippen molar-refractivity contribution in [2.24, 2.45) is 5.92 Å². The fourth-order valence-electron chi connectivity index (χ4n) is 2.57. The summed E-state index contributed by atoms with van der Waals surface area (Å²) in [5.41, 5.74) is 0. The first-order chi connectivity index (χ1) is 8.65. The topological polar surface area (TPSA) is 47.3 Å². The van der Waals surface area contributed by atoms with Gasteiger partial charge in [0.05, 0.1) is 18.5 Å². The van der Waals surface area contributed by atoms with Gasteiger partial charge in [-0.25, -0.2) is 0 Å². The predicted octanol–water partition coefficient (Wildman–Crippen LogP) is 2.78. The molecule has 2 rings (SSSR count). The van der Waals surface area contributed by atoms with Crippen molar-refractivity contribution >= 4 is 0 Å². The second-order valence-electron chi connectivity index (χ2n) is 5.60. The average Bonchev–Trinajstić information content (AvgIpc) is 2.96. The summed E-state index contributed by atoms with van der Waals surface area (Å²) in [5, 5.41) is 14.1. The lowest BCUT2D eigenvalue weighted by Crippen LogP contribution is -2.20. The van der Waals surface area contributed by atoms with E-state index in [0.29, 0.717) is 18.6 Å². The Labute approximate surface area is 109 Å². The molecule has 1 unspecified atom stereocenters. The number of aliphatic hydroxyl groups is 1. The van der Waals surface area contributed by atoms with Crippen LogP contribution in [0, 0.1) is 5.92 Å². The van der Waals surface area contributed by atoms with E-state index in [2.05, 4.69) is 18.9 Å². The zero-order valence-electron chi connectivity index (χ0n) is 11.4. The molecule has 1 aromatic rings. The van der Waals surface area contributed by atoms with Crippen molar-refractivity contribution in [3.63, 3.8) is 0 Å². The van der Waals surface area contributed by atoms with Gasteiger partial charge in [0.15, 0.2) is 5.75 Å². The third-order valence-corrected chi connectivity index (χ3v) is 3.63. The van der Waals surface area contributed by atoms with Crippen LogP contribution in [0.25, 0.3) is 0 Å². The zero-order chi connectivity index (χ0) is 13.0. The molecule has 0 spiro atoms. The molecule has 0 saturated heterocycles. The Morgan fingerprint density at radius 1 is 1.44 bits per heavy atom. The van der Waals surface area contributed by atoms with Crippen molar-refractivity contribution in [3.05, 3.63) is 12.4 Å². The van der Waals surface area contributed by atoms with E-state index in [1.54, 1.807) is 6.20 Å². The van der Waals surface area contributed by atoms with E-state index < -0.39 is 0 Å². The molecule has 1 aliphatic carbocycles. The molecule has 1 saturated carbocycles. The summed E-state index contributed by atoms with van der Waals surface area (Å²) in [4.78, 5) is 0. The van der Waals surface area contributed by atoms with Crippen molar-refractivity contribution in [2.45, 2.75) is 58.1 Å². The van der Waals surface area contributed by atoms with Gasteiger partial charge < -0.3 is 9.84 Å². The molecule has 102 valence electrons. The van der Waals surface area contributed by atoms with E-state index in [4.69, 9.17) is 4.74 Å². The molecule has 1 heterocycles. The maximum Gasteiger partial charge on any atom is 0.157 e. The average molecular weight is 252 g/mol. The molecule has 1 atom stereocenters. The van der Waals surface area contributed by atoms with Crippen LogP contribution in [0.3, 0.4) is 0 Å². The normalized spacial score (nSPS) is 18.4. The van der Waals surface area contributed by atoms with Crippen LogP contribution < -0.4 is 4.74 Å². The minimum atomic E-state index is -0.351. The Kier molecular flexibility index (Phi) is 4.64. The summed E-state index contributed by atoms with van der Waals surface area (Å²) in [5.74, 6) is 1.44. The van der Waals surface area contributed by atoms with Crippen molar-refractivity contribution in [3.8, 4) is 5.75 Å². The van der Waals surface area contributed by atoms with Crippen LogP contribution in [0.4, 0.5) is 0 Å². The molecule has 18 heavy (non-hydrogen) atoms. The number of hydrogen-bond acceptors (Lipinski definition) is 3. The highest BCUT2D eigenvalue weighted by atomic mass is 16.5. The van der Waals surface area contributed by atoms with Gasteiger partial charge in [-0.1, -0.05) is 25.7 Å². The van der Waals surface area contributed by atoms with Crippen LogP contribution in [0.1, 0.15) is 52.0 Å². The first-order valence-corrected chi connectivity index (χ1v) is 7.00. The van der Waals surface area contributed by atoms with Gasteiger partial charge in [0.25, 0.3) is 0 Å². The predicted molar refractivity (Wildman–Crippen MR) is 70.7 cm³/mol. The lowest BCUT2D eigenvalue weighted by atomic mass is 10.0. The Hall–Kier alpha value is -1.03. The van der Waals surface area contributed by atoms with Gasteiger partial charge >= 0.3 is 0 Å². The van der Waals surface area contributed by atoms with E-state index >= 15 is 0 Å². The SMILES string of the molecule is CC(C)n1cc(OCC(O)CC2CCCC2)cn1. The van der Waals surface area contributed by atoms with Crippen LogP contribution in [-0.2, 0) is 0 Å². The van der Waals surface area contributed by atoms with Crippen LogP contribution >= 0.6 is 0 Å². The summed E-state index contributed by atoms with van der Waals surface area (Å²) in [6.45, 7) is 4.53. The largest absolute Gasteiger partial charge is 0.488 e. The lowest BCUT2D eigenvalue weighted by Gasteiger charge is -2.15. The first kappa shape index (κ1) is 13.4. The maximum absolute atomic E-state index is 9.93. The van der Waals surface area contributed by atoms with E-state index in [-0.39, 0.29) is 6.10 Å². The Morgan fingerprint density at radius 3 is 2.78 bits per heavy atom. The number of nitrogens with zero attached hydrogens (tertiary/aromatic N) is 2. The number of hydrogen-bond donors (Lipinski definition) is 1. The highest BCUT2D eigenvalue weighted by Gasteiger charge is 2.19. The quantitative estimate of drug-likeness (QED) is 0.847. The minimum Gasteiger partial charge on any atom is -0.488 e. The number of ether oxygens (including phenoxy) is 1. The van der Waals surface area contributed by atoms with Crippen molar-refractivity contribution in [2.75, 3.05) is 6.61 Å². The summed E-state index contributed by atoms with van der Waals surface area (Å²) in [6, 6.07) is 0.339. The van der Waals surface area contributed by atoms with Gasteiger partial charge in [-0.2, -0.15) is 5.10 Å². The molecule has 0 radical (unpaired) electrons. The summed E-state index contributed by atoms with van der Waals surface area (Å²) < 4.78 is 7.44. The fourth-order valence-corrected chi connectivity index (χ4v) is 2.57. The number of aliphatic hydroxyl groups excluding tert-OH is 1. The van der Waals surface area contributed by atoms with Crippen molar-refractivity contribution in [1.82, 2.24) is 9.78 Å². The van der Waals surface area contributed by atoms with E-state index in [1.807, 2.05) is 10.9 Å². The summed E-state index contributed by atoms with van der Waals surface area (Å²) in [7, 11) is 0. The molecule has 4 heteroatoms. The van der Waals surface area contributed by atoms with Gasteiger partial charge in [0.1, 0.15) is 6.61 Å². The van der Waals surface area contributed by atoms with Crippen molar-refractivity contribution < 1.29 is 9.84 Å². The Balaban J connectivity index is 1.72. The monoisotopic (exact) mass is 252 g/mol. The lowest BCUT2D eigenvalue weighted by molar-refractivity contribution is 0.0855. The van der Waals surface area contributed by atoms with Gasteiger partial charge in [-0.15, -0.1) is 0 Å². The van der Waals surface area contributed by atoms with Crippen molar-refractivity contribution in [1.29, 1.82) is 0 Å². The standard InChI is InChI=1S/C14H24N2O2/c1-11(2)16-9-14(8-15-16)18-10-13(17)7-12-5-3-4-6-12/h8-9,11-13,17H,3-7,10H2,1-2H3. The second-order valence-corrected chi connectivity index (χ2v) is 5.60. The van der Waals surface area contributed by atoms with Crippen LogP contribution in [0.2, 0.25) is 0 Å². The third-order valence-electron chi connectivity index (χ3n) is 3.63. The molecular weight excluding hydrogens is 228 g/mol.